The summed E-state index contributed by atoms with van der Waals surface area (Å²) in [4.78, 5) is 15.4. The largest absolute Gasteiger partial charge is 0.384 e. The first-order chi connectivity index (χ1) is 8.15. The zero-order valence-corrected chi connectivity index (χ0v) is 9.54. The molecule has 0 bridgehead atoms. The molecule has 0 unspecified atom stereocenters. The molecule has 94 valence electrons. The van der Waals surface area contributed by atoms with Crippen LogP contribution in [0.3, 0.4) is 0 Å². The molecule has 0 saturated carbocycles. The van der Waals surface area contributed by atoms with E-state index < -0.39 is 18.9 Å². The Morgan fingerprint density at radius 3 is 2.94 bits per heavy atom. The van der Waals surface area contributed by atoms with Crippen LogP contribution in [0.5, 0.6) is 0 Å². The maximum absolute atomic E-state index is 12.0. The van der Waals surface area contributed by atoms with Gasteiger partial charge in [-0.3, -0.25) is 9.78 Å². The van der Waals surface area contributed by atoms with Crippen molar-refractivity contribution in [3.05, 3.63) is 24.0 Å². The molecule has 0 atom stereocenters. The SMILES string of the molecule is CCCNc1ccncc1C(=O)NCC(F)F. The summed E-state index contributed by atoms with van der Waals surface area (Å²) in [5.74, 6) is -0.544. The summed E-state index contributed by atoms with van der Waals surface area (Å²) >= 11 is 0. The molecule has 1 rings (SSSR count). The smallest absolute Gasteiger partial charge is 0.255 e. The van der Waals surface area contributed by atoms with Crippen LogP contribution in [0.25, 0.3) is 0 Å². The number of amides is 1. The van der Waals surface area contributed by atoms with E-state index in [9.17, 15) is 13.6 Å². The molecule has 0 aliphatic heterocycles. The minimum Gasteiger partial charge on any atom is -0.384 e. The molecule has 0 aromatic carbocycles. The Morgan fingerprint density at radius 1 is 1.53 bits per heavy atom. The Hall–Kier alpha value is -1.72. The molecule has 17 heavy (non-hydrogen) atoms. The first-order valence-electron chi connectivity index (χ1n) is 5.39. The quantitative estimate of drug-likeness (QED) is 0.802. The highest BCUT2D eigenvalue weighted by molar-refractivity contribution is 5.99. The lowest BCUT2D eigenvalue weighted by Gasteiger charge is -2.10. The average molecular weight is 243 g/mol. The lowest BCUT2D eigenvalue weighted by atomic mass is 10.2. The molecule has 0 radical (unpaired) electrons. The van der Waals surface area contributed by atoms with Crippen LogP contribution >= 0.6 is 0 Å². The van der Waals surface area contributed by atoms with E-state index in [0.717, 1.165) is 6.42 Å². The third-order valence-electron chi connectivity index (χ3n) is 2.05. The van der Waals surface area contributed by atoms with E-state index in [1.54, 1.807) is 12.3 Å². The average Bonchev–Trinajstić information content (AvgIpc) is 2.33. The van der Waals surface area contributed by atoms with Crippen LogP contribution in [-0.4, -0.2) is 30.4 Å². The summed E-state index contributed by atoms with van der Waals surface area (Å²) in [7, 11) is 0. The predicted octanol–water partition coefficient (Wildman–Crippen LogP) is 1.90. The molecular formula is C11H15F2N3O. The molecule has 6 heteroatoms. The molecule has 1 amide bonds. The van der Waals surface area contributed by atoms with Gasteiger partial charge in [0.05, 0.1) is 17.8 Å². The Labute approximate surface area is 98.4 Å². The normalized spacial score (nSPS) is 10.4. The van der Waals surface area contributed by atoms with Crippen LogP contribution in [0.1, 0.15) is 23.7 Å². The Bertz CT molecular complexity index is 371. The number of hydrogen-bond donors (Lipinski definition) is 2. The van der Waals surface area contributed by atoms with Crippen molar-refractivity contribution in [2.45, 2.75) is 19.8 Å². The molecule has 0 fully saturated rings. The summed E-state index contributed by atoms with van der Waals surface area (Å²) in [6.07, 6.45) is 1.25. The Kier molecular flexibility index (Phi) is 5.32. The first kappa shape index (κ1) is 13.3. The lowest BCUT2D eigenvalue weighted by Crippen LogP contribution is -2.29. The van der Waals surface area contributed by atoms with E-state index in [1.807, 2.05) is 6.92 Å². The van der Waals surface area contributed by atoms with Crippen molar-refractivity contribution in [1.29, 1.82) is 0 Å². The van der Waals surface area contributed by atoms with Gasteiger partial charge in [-0.2, -0.15) is 0 Å². The fourth-order valence-corrected chi connectivity index (χ4v) is 1.25. The fraction of sp³-hybridized carbons (Fsp3) is 0.455. The second-order valence-corrected chi connectivity index (χ2v) is 3.45. The predicted molar refractivity (Wildman–Crippen MR) is 61.4 cm³/mol. The van der Waals surface area contributed by atoms with Crippen LogP contribution in [0.4, 0.5) is 14.5 Å². The summed E-state index contributed by atoms with van der Waals surface area (Å²) in [6, 6.07) is 1.65. The number of pyridine rings is 1. The van der Waals surface area contributed by atoms with Crippen molar-refractivity contribution in [1.82, 2.24) is 10.3 Å². The maximum Gasteiger partial charge on any atom is 0.255 e. The van der Waals surface area contributed by atoms with Gasteiger partial charge in [0.1, 0.15) is 0 Å². The number of rotatable bonds is 6. The zero-order chi connectivity index (χ0) is 12.7. The number of carbonyl (C=O) groups is 1. The van der Waals surface area contributed by atoms with Gasteiger partial charge < -0.3 is 10.6 Å². The molecule has 4 nitrogen and oxygen atoms in total. The number of halogens is 2. The van der Waals surface area contributed by atoms with Crippen LogP contribution in [0.15, 0.2) is 18.5 Å². The number of anilines is 1. The molecule has 0 aliphatic carbocycles. The summed E-state index contributed by atoms with van der Waals surface area (Å²) in [5.41, 5.74) is 0.884. The summed E-state index contributed by atoms with van der Waals surface area (Å²) < 4.78 is 23.9. The molecular weight excluding hydrogens is 228 g/mol. The third-order valence-corrected chi connectivity index (χ3v) is 2.05. The molecule has 1 aromatic heterocycles. The topological polar surface area (TPSA) is 54.0 Å². The lowest BCUT2D eigenvalue weighted by molar-refractivity contribution is 0.0892. The highest BCUT2D eigenvalue weighted by Crippen LogP contribution is 2.13. The van der Waals surface area contributed by atoms with E-state index in [2.05, 4.69) is 15.6 Å². The number of hydrogen-bond acceptors (Lipinski definition) is 3. The molecule has 0 saturated heterocycles. The Morgan fingerprint density at radius 2 is 2.29 bits per heavy atom. The standard InChI is InChI=1S/C11H15F2N3O/c1-2-4-15-9-3-5-14-6-8(9)11(17)16-7-10(12)13/h3,5-6,10H,2,4,7H2,1H3,(H,14,15)(H,16,17). The van der Waals surface area contributed by atoms with E-state index in [1.165, 1.54) is 6.20 Å². The molecule has 2 N–H and O–H groups in total. The number of nitrogens with zero attached hydrogens (tertiary/aromatic N) is 1. The number of carbonyl (C=O) groups excluding carboxylic acids is 1. The highest BCUT2D eigenvalue weighted by atomic mass is 19.3. The fourth-order valence-electron chi connectivity index (χ4n) is 1.25. The maximum atomic E-state index is 12.0. The zero-order valence-electron chi connectivity index (χ0n) is 9.54. The van der Waals surface area contributed by atoms with Gasteiger partial charge in [-0.25, -0.2) is 8.78 Å². The summed E-state index contributed by atoms with van der Waals surface area (Å²) in [5, 5.41) is 5.19. The van der Waals surface area contributed by atoms with Crippen LogP contribution < -0.4 is 10.6 Å². The van der Waals surface area contributed by atoms with Crippen LogP contribution in [0.2, 0.25) is 0 Å². The molecule has 0 spiro atoms. The third kappa shape index (κ3) is 4.34. The molecule has 1 aromatic rings. The number of alkyl halides is 2. The minimum absolute atomic E-state index is 0.279. The van der Waals surface area contributed by atoms with Gasteiger partial charge >= 0.3 is 0 Å². The monoisotopic (exact) mass is 243 g/mol. The second-order valence-electron chi connectivity index (χ2n) is 3.45. The molecule has 0 aliphatic rings. The summed E-state index contributed by atoms with van der Waals surface area (Å²) in [6.45, 7) is 2.05. The van der Waals surface area contributed by atoms with Crippen LogP contribution in [0, 0.1) is 0 Å². The van der Waals surface area contributed by atoms with Crippen molar-refractivity contribution in [2.75, 3.05) is 18.4 Å². The first-order valence-corrected chi connectivity index (χ1v) is 5.39. The van der Waals surface area contributed by atoms with E-state index in [0.29, 0.717) is 12.2 Å². The van der Waals surface area contributed by atoms with E-state index in [-0.39, 0.29) is 5.56 Å². The van der Waals surface area contributed by atoms with Gasteiger partial charge in [0.2, 0.25) is 0 Å². The minimum atomic E-state index is -2.55. The number of nitrogens with one attached hydrogen (secondary N) is 2. The van der Waals surface area contributed by atoms with Crippen LogP contribution in [-0.2, 0) is 0 Å². The highest BCUT2D eigenvalue weighted by Gasteiger charge is 2.12. The van der Waals surface area contributed by atoms with E-state index >= 15 is 0 Å². The van der Waals surface area contributed by atoms with Gasteiger partial charge in [-0.15, -0.1) is 0 Å². The van der Waals surface area contributed by atoms with Gasteiger partial charge in [0.25, 0.3) is 12.3 Å². The van der Waals surface area contributed by atoms with Gasteiger partial charge in [0.15, 0.2) is 0 Å². The van der Waals surface area contributed by atoms with Gasteiger partial charge in [-0.1, -0.05) is 6.92 Å². The van der Waals surface area contributed by atoms with Crippen molar-refractivity contribution >= 4 is 11.6 Å². The Balaban J connectivity index is 2.70. The number of aromatic nitrogens is 1. The van der Waals surface area contributed by atoms with E-state index in [4.69, 9.17) is 0 Å². The van der Waals surface area contributed by atoms with Crippen molar-refractivity contribution in [3.63, 3.8) is 0 Å². The van der Waals surface area contributed by atoms with Crippen molar-refractivity contribution in [2.24, 2.45) is 0 Å². The van der Waals surface area contributed by atoms with Gasteiger partial charge in [-0.05, 0) is 12.5 Å². The van der Waals surface area contributed by atoms with Crippen molar-refractivity contribution in [3.8, 4) is 0 Å². The van der Waals surface area contributed by atoms with Crippen molar-refractivity contribution < 1.29 is 13.6 Å². The second kappa shape index (κ2) is 6.78. The van der Waals surface area contributed by atoms with Gasteiger partial charge in [0, 0.05) is 18.9 Å². The molecule has 1 heterocycles.